The van der Waals surface area contributed by atoms with E-state index in [1.54, 1.807) is 6.08 Å². The number of aryl methyl sites for hydroxylation is 4. The lowest BCUT2D eigenvalue weighted by atomic mass is 9.71. The van der Waals surface area contributed by atoms with Gasteiger partial charge in [-0.05, 0) is 138 Å². The average Bonchev–Trinajstić information content (AvgIpc) is 3.51. The van der Waals surface area contributed by atoms with Gasteiger partial charge in [0.25, 0.3) is 0 Å². The fourth-order valence-electron chi connectivity index (χ4n) is 8.74. The van der Waals surface area contributed by atoms with Crippen molar-refractivity contribution in [2.45, 2.75) is 194 Å². The average molecular weight is 813 g/mol. The number of fused-ring (bicyclic) bond motifs is 1. The number of hydrogen-bond donors (Lipinski definition) is 1. The van der Waals surface area contributed by atoms with Crippen LogP contribution in [0.4, 0.5) is 5.69 Å². The van der Waals surface area contributed by atoms with Crippen LogP contribution >= 0.6 is 0 Å². The Morgan fingerprint density at radius 3 is 1.81 bits per heavy atom. The topological polar surface area (TPSA) is 15.3 Å². The number of anilines is 1. The second-order valence-corrected chi connectivity index (χ2v) is 18.0. The van der Waals surface area contributed by atoms with Gasteiger partial charge in [-0.25, -0.2) is 0 Å². The zero-order valence-electron chi connectivity index (χ0n) is 42.6. The minimum absolute atomic E-state index is 0.664. The van der Waals surface area contributed by atoms with Crippen LogP contribution < -0.4 is 10.2 Å². The molecule has 4 rings (SSSR count). The third-order valence-electron chi connectivity index (χ3n) is 12.1. The summed E-state index contributed by atoms with van der Waals surface area (Å²) in [5.74, 6) is 3.61. The highest BCUT2D eigenvalue weighted by Crippen LogP contribution is 2.39. The largest absolute Gasteiger partial charge is 0.374 e. The van der Waals surface area contributed by atoms with E-state index in [1.165, 1.54) is 136 Å². The zero-order chi connectivity index (χ0) is 45.4. The minimum atomic E-state index is 0.664. The van der Waals surface area contributed by atoms with Gasteiger partial charge in [0.1, 0.15) is 0 Å². The molecule has 2 heteroatoms. The van der Waals surface area contributed by atoms with Crippen LogP contribution in [0.15, 0.2) is 85.0 Å². The maximum absolute atomic E-state index is 3.75. The standard InChI is InChI=1S/C13H28.C12H25N.C11H15N.C10H14.C9H12.C2H6/c1-6-9-13(8-3,10-7-2)11-12(4)5;1-3-5-11(6-4-2)12-7-9-13-10-8-12;1-8-4-5-11-10(6-8)9(2)7-12(11)3;1-5-9(3)7-8-10(4)6-2;1-7-4-5-8(2)9(3)6-7;1-2/h12H,6-11H2,1-5H3;11-13H,3-10H2,1-2H3;4-6,9H,7H2,1-3H3;5-8H,1,3H2,2,4H3;4-6H,1-3H3;1-2H3/b;;;8-7-,10-6-;;. The molecule has 1 atom stereocenters. The summed E-state index contributed by atoms with van der Waals surface area (Å²) < 4.78 is 0. The molecule has 1 fully saturated rings. The molecule has 2 aliphatic rings. The van der Waals surface area contributed by atoms with E-state index in [2.05, 4.69) is 150 Å². The van der Waals surface area contributed by atoms with Gasteiger partial charge in [0.2, 0.25) is 0 Å². The molecule has 2 nitrogen and oxygen atoms in total. The molecule has 2 aliphatic heterocycles. The number of piperidine rings is 1. The first-order valence-corrected chi connectivity index (χ1v) is 24.3. The first-order chi connectivity index (χ1) is 28.1. The molecular formula is C57H100N2. The van der Waals surface area contributed by atoms with E-state index in [9.17, 15) is 0 Å². The Balaban J connectivity index is 0. The summed E-state index contributed by atoms with van der Waals surface area (Å²) in [5.41, 5.74) is 11.2. The van der Waals surface area contributed by atoms with Gasteiger partial charge in [-0.15, -0.1) is 0 Å². The Bertz CT molecular complexity index is 1400. The third-order valence-corrected chi connectivity index (χ3v) is 12.1. The van der Waals surface area contributed by atoms with Gasteiger partial charge in [0.15, 0.2) is 0 Å². The SMILES string of the molecule is C=CC(=C)/C=C\C(C)=C/C.CC.CCCC(CC)(CCC)CC(C)C.CCCC(CCC)C1CCNCC1.Cc1ccc(C)c(C)c1.Cc1ccc2c(c1)C(C)CN2C. The number of rotatable bonds is 15. The molecule has 0 spiro atoms. The van der Waals surface area contributed by atoms with Crippen LogP contribution in [-0.4, -0.2) is 26.7 Å². The summed E-state index contributed by atoms with van der Waals surface area (Å²) in [7, 11) is 2.16. The Morgan fingerprint density at radius 2 is 1.37 bits per heavy atom. The van der Waals surface area contributed by atoms with Crippen molar-refractivity contribution in [1.29, 1.82) is 0 Å². The molecule has 2 heterocycles. The van der Waals surface area contributed by atoms with Crippen molar-refractivity contribution in [3.8, 4) is 0 Å². The molecular weight excluding hydrogens is 713 g/mol. The number of benzene rings is 2. The van der Waals surface area contributed by atoms with Crippen molar-refractivity contribution in [2.75, 3.05) is 31.6 Å². The summed E-state index contributed by atoms with van der Waals surface area (Å²) in [6, 6.07) is 13.2. The molecule has 0 radical (unpaired) electrons. The van der Waals surface area contributed by atoms with Crippen LogP contribution in [0.5, 0.6) is 0 Å². The second kappa shape index (κ2) is 34.8. The van der Waals surface area contributed by atoms with Gasteiger partial charge in [-0.3, -0.25) is 0 Å². The molecule has 0 bridgehead atoms. The molecule has 59 heavy (non-hydrogen) atoms. The van der Waals surface area contributed by atoms with Crippen molar-refractivity contribution in [3.05, 3.63) is 113 Å². The maximum Gasteiger partial charge on any atom is 0.0399 e. The van der Waals surface area contributed by atoms with Gasteiger partial charge in [-0.2, -0.15) is 0 Å². The van der Waals surface area contributed by atoms with Crippen LogP contribution in [0.25, 0.3) is 0 Å². The van der Waals surface area contributed by atoms with Crippen molar-refractivity contribution in [2.24, 2.45) is 23.2 Å². The smallest absolute Gasteiger partial charge is 0.0399 e. The van der Waals surface area contributed by atoms with Crippen LogP contribution in [0.3, 0.4) is 0 Å². The molecule has 0 saturated carbocycles. The highest BCUT2D eigenvalue weighted by Gasteiger charge is 2.27. The van der Waals surface area contributed by atoms with E-state index in [-0.39, 0.29) is 0 Å². The summed E-state index contributed by atoms with van der Waals surface area (Å²) >= 11 is 0. The van der Waals surface area contributed by atoms with Gasteiger partial charge in [0, 0.05) is 25.2 Å². The predicted octanol–water partition coefficient (Wildman–Crippen LogP) is 17.7. The van der Waals surface area contributed by atoms with Crippen LogP contribution in [-0.2, 0) is 0 Å². The fourth-order valence-corrected chi connectivity index (χ4v) is 8.74. The minimum Gasteiger partial charge on any atom is -0.374 e. The van der Waals surface area contributed by atoms with E-state index >= 15 is 0 Å². The molecule has 0 aliphatic carbocycles. The van der Waals surface area contributed by atoms with Crippen LogP contribution in [0.2, 0.25) is 0 Å². The second-order valence-electron chi connectivity index (χ2n) is 18.0. The maximum atomic E-state index is 3.75. The van der Waals surface area contributed by atoms with E-state index in [1.807, 2.05) is 45.9 Å². The summed E-state index contributed by atoms with van der Waals surface area (Å²) in [6.07, 6.45) is 24.6. The fraction of sp³-hybridized carbons (Fsp3) is 0.649. The highest BCUT2D eigenvalue weighted by molar-refractivity contribution is 5.60. The normalized spacial score (nSPS) is 15.0. The number of hydrogen-bond acceptors (Lipinski definition) is 2. The van der Waals surface area contributed by atoms with Crippen molar-refractivity contribution >= 4 is 5.69 Å². The van der Waals surface area contributed by atoms with Crippen molar-refractivity contribution < 1.29 is 0 Å². The van der Waals surface area contributed by atoms with E-state index in [4.69, 9.17) is 0 Å². The lowest BCUT2D eigenvalue weighted by molar-refractivity contribution is 0.177. The van der Waals surface area contributed by atoms with Gasteiger partial charge >= 0.3 is 0 Å². The lowest BCUT2D eigenvalue weighted by Crippen LogP contribution is -2.31. The number of allylic oxidation sites excluding steroid dienone is 6. The quantitative estimate of drug-likeness (QED) is 0.180. The van der Waals surface area contributed by atoms with Crippen LogP contribution in [0.1, 0.15) is 194 Å². The van der Waals surface area contributed by atoms with Crippen molar-refractivity contribution in [3.63, 3.8) is 0 Å². The summed E-state index contributed by atoms with van der Waals surface area (Å²) in [5, 5.41) is 3.45. The predicted molar refractivity (Wildman–Crippen MR) is 274 cm³/mol. The Kier molecular flexibility index (Phi) is 34.4. The molecule has 0 aromatic heterocycles. The van der Waals surface area contributed by atoms with E-state index < -0.39 is 0 Å². The monoisotopic (exact) mass is 813 g/mol. The summed E-state index contributed by atoms with van der Waals surface area (Å²) in [4.78, 5) is 2.33. The molecule has 0 amide bonds. The Labute approximate surface area is 370 Å². The lowest BCUT2D eigenvalue weighted by Gasteiger charge is -2.34. The highest BCUT2D eigenvalue weighted by atomic mass is 15.1. The Hall–Kier alpha value is -2.84. The van der Waals surface area contributed by atoms with Gasteiger partial charge in [-0.1, -0.05) is 199 Å². The molecule has 1 unspecified atom stereocenters. The van der Waals surface area contributed by atoms with Crippen molar-refractivity contribution in [1.82, 2.24) is 5.32 Å². The molecule has 1 N–H and O–H groups in total. The van der Waals surface area contributed by atoms with E-state index in [0.717, 1.165) is 23.3 Å². The first-order valence-electron chi connectivity index (χ1n) is 24.3. The third kappa shape index (κ3) is 25.5. The molecule has 338 valence electrons. The molecule has 1 saturated heterocycles. The van der Waals surface area contributed by atoms with Gasteiger partial charge in [0.05, 0.1) is 0 Å². The molecule has 2 aromatic carbocycles. The Morgan fingerprint density at radius 1 is 0.831 bits per heavy atom. The van der Waals surface area contributed by atoms with E-state index in [0.29, 0.717) is 11.3 Å². The van der Waals surface area contributed by atoms with Gasteiger partial charge < -0.3 is 10.2 Å². The molecule has 2 aromatic rings. The number of likely N-dealkylation sites (N-methyl/N-ethyl adjacent to an activating group) is 1. The van der Waals surface area contributed by atoms with Crippen LogP contribution in [0, 0.1) is 50.9 Å². The number of nitrogens with one attached hydrogen (secondary N) is 1. The summed E-state index contributed by atoms with van der Waals surface area (Å²) in [6.45, 7) is 46.3. The first kappa shape index (κ1) is 58.3. The number of nitrogens with zero attached hydrogens (tertiary/aromatic N) is 1. The zero-order valence-corrected chi connectivity index (χ0v) is 42.6.